The number of aryl methyl sites for hydroxylation is 1. The molecular weight excluding hydrogens is 274 g/mol. The van der Waals surface area contributed by atoms with Crippen molar-refractivity contribution in [2.45, 2.75) is 17.9 Å². The normalized spacial score (nSPS) is 9.95. The molecule has 0 atom stereocenters. The topological polar surface area (TPSA) is 74.2 Å². The minimum absolute atomic E-state index is 0.323. The molecule has 1 aromatic carbocycles. The van der Waals surface area contributed by atoms with Crippen LogP contribution in [0.25, 0.3) is 0 Å². The second kappa shape index (κ2) is 6.98. The van der Waals surface area contributed by atoms with Gasteiger partial charge in [-0.15, -0.1) is 10.2 Å². The third kappa shape index (κ3) is 3.76. The molecule has 0 amide bonds. The summed E-state index contributed by atoms with van der Waals surface area (Å²) in [5, 5.41) is 8.30. The summed E-state index contributed by atoms with van der Waals surface area (Å²) < 4.78 is 10.6. The van der Waals surface area contributed by atoms with Gasteiger partial charge in [-0.25, -0.2) is 0 Å². The predicted molar refractivity (Wildman–Crippen MR) is 77.5 cm³/mol. The monoisotopic (exact) mass is 289 g/mol. The zero-order valence-corrected chi connectivity index (χ0v) is 12.2. The molecule has 0 unspecified atom stereocenters. The first-order valence-electron chi connectivity index (χ1n) is 6.01. The first kappa shape index (κ1) is 14.4. The van der Waals surface area contributed by atoms with Crippen molar-refractivity contribution >= 4 is 11.8 Å². The van der Waals surface area contributed by atoms with Crippen molar-refractivity contribution in [3.63, 3.8) is 0 Å². The van der Waals surface area contributed by atoms with Gasteiger partial charge >= 0.3 is 0 Å². The van der Waals surface area contributed by atoms with Crippen molar-refractivity contribution < 1.29 is 9.15 Å². The van der Waals surface area contributed by atoms with Crippen LogP contribution in [0.4, 0.5) is 0 Å². The van der Waals surface area contributed by atoms with Gasteiger partial charge in [-0.2, -0.15) is 0 Å². The molecule has 0 fully saturated rings. The van der Waals surface area contributed by atoms with Gasteiger partial charge in [-0.1, -0.05) is 29.7 Å². The van der Waals surface area contributed by atoms with Gasteiger partial charge in [0.1, 0.15) is 5.75 Å². The van der Waals surface area contributed by atoms with Gasteiger partial charge in [0, 0.05) is 12.7 Å². The van der Waals surface area contributed by atoms with E-state index in [1.807, 2.05) is 18.2 Å². The summed E-state index contributed by atoms with van der Waals surface area (Å²) in [6.45, 7) is 2.09. The van der Waals surface area contributed by atoms with Crippen molar-refractivity contribution in [1.82, 2.24) is 10.2 Å². The highest BCUT2D eigenvalue weighted by Crippen LogP contribution is 2.25. The smallest absolute Gasteiger partial charge is 0.276 e. The number of nitrogens with zero attached hydrogens (tertiary/aromatic N) is 2. The summed E-state index contributed by atoms with van der Waals surface area (Å²) >= 11 is 1.49. The largest absolute Gasteiger partial charge is 0.495 e. The highest BCUT2D eigenvalue weighted by molar-refractivity contribution is 7.98. The van der Waals surface area contributed by atoms with Crippen LogP contribution in [0, 0.1) is 18.8 Å². The molecule has 0 saturated heterocycles. The minimum atomic E-state index is 0.323. The maximum atomic E-state index is 5.40. The second-order valence-electron chi connectivity index (χ2n) is 3.92. The maximum Gasteiger partial charge on any atom is 0.276 e. The van der Waals surface area contributed by atoms with Crippen LogP contribution in [0.3, 0.4) is 0 Å². The van der Waals surface area contributed by atoms with Gasteiger partial charge in [-0.05, 0) is 17.7 Å². The van der Waals surface area contributed by atoms with Gasteiger partial charge < -0.3 is 14.9 Å². The fraction of sp³-hybridized carbons (Fsp3) is 0.286. The molecular formula is C14H15N3O2S. The van der Waals surface area contributed by atoms with Crippen LogP contribution in [0.15, 0.2) is 27.8 Å². The molecule has 20 heavy (non-hydrogen) atoms. The fourth-order valence-electron chi connectivity index (χ4n) is 1.57. The van der Waals surface area contributed by atoms with Crippen LogP contribution in [0.1, 0.15) is 17.0 Å². The predicted octanol–water partition coefficient (Wildman–Crippen LogP) is 1.99. The number of methoxy groups -OCH3 is 1. The van der Waals surface area contributed by atoms with E-state index in [2.05, 4.69) is 22.0 Å². The zero-order chi connectivity index (χ0) is 14.4. The molecule has 0 aliphatic rings. The molecule has 0 bridgehead atoms. The molecule has 1 aromatic heterocycles. The number of rotatable bonds is 4. The Bertz CT molecular complexity index is 643. The van der Waals surface area contributed by atoms with Crippen molar-refractivity contribution in [1.29, 1.82) is 0 Å². The van der Waals surface area contributed by atoms with Crippen molar-refractivity contribution in [3.8, 4) is 17.6 Å². The molecule has 0 aliphatic carbocycles. The second-order valence-corrected chi connectivity index (χ2v) is 4.84. The fourth-order valence-corrected chi connectivity index (χ4v) is 2.32. The van der Waals surface area contributed by atoms with E-state index in [0.29, 0.717) is 17.7 Å². The zero-order valence-electron chi connectivity index (χ0n) is 11.3. The van der Waals surface area contributed by atoms with Gasteiger partial charge in [0.15, 0.2) is 0 Å². The van der Waals surface area contributed by atoms with Crippen LogP contribution < -0.4 is 10.5 Å². The number of nitrogens with two attached hydrogens (primary N) is 1. The van der Waals surface area contributed by atoms with Crippen LogP contribution in [0.5, 0.6) is 5.75 Å². The third-order valence-corrected chi connectivity index (χ3v) is 3.35. The lowest BCUT2D eigenvalue weighted by atomic mass is 10.1. The summed E-state index contributed by atoms with van der Waals surface area (Å²) in [6.07, 6.45) is 0. The number of benzene rings is 1. The van der Waals surface area contributed by atoms with E-state index in [1.54, 1.807) is 14.0 Å². The summed E-state index contributed by atoms with van der Waals surface area (Å²) in [6, 6.07) is 5.87. The maximum absolute atomic E-state index is 5.40. The lowest BCUT2D eigenvalue weighted by molar-refractivity contribution is 0.413. The molecule has 104 valence electrons. The van der Waals surface area contributed by atoms with E-state index in [0.717, 1.165) is 22.6 Å². The molecule has 6 heteroatoms. The van der Waals surface area contributed by atoms with Crippen LogP contribution in [-0.4, -0.2) is 23.9 Å². The molecule has 0 saturated carbocycles. The van der Waals surface area contributed by atoms with Crippen LogP contribution >= 0.6 is 11.8 Å². The molecule has 0 aliphatic heterocycles. The molecule has 5 nitrogen and oxygen atoms in total. The standard InChI is InChI=1S/C14H15N3O2S/c1-10-16-17-14(19-10)20-9-11-5-6-13(18-2)12(8-11)4-3-7-15/h5-6,8H,7,9,15H2,1-2H3. The summed E-state index contributed by atoms with van der Waals surface area (Å²) in [7, 11) is 1.62. The number of ether oxygens (including phenoxy) is 1. The quantitative estimate of drug-likeness (QED) is 0.685. The summed E-state index contributed by atoms with van der Waals surface area (Å²) in [4.78, 5) is 0. The summed E-state index contributed by atoms with van der Waals surface area (Å²) in [5.41, 5.74) is 7.33. The Morgan fingerprint density at radius 3 is 2.90 bits per heavy atom. The molecule has 0 spiro atoms. The van der Waals surface area contributed by atoms with E-state index in [4.69, 9.17) is 14.9 Å². The third-order valence-electron chi connectivity index (χ3n) is 2.46. The van der Waals surface area contributed by atoms with Crippen molar-refractivity contribution in [2.24, 2.45) is 5.73 Å². The average Bonchev–Trinajstić information content (AvgIpc) is 2.88. The average molecular weight is 289 g/mol. The van der Waals surface area contributed by atoms with Crippen molar-refractivity contribution in [2.75, 3.05) is 13.7 Å². The number of hydrogen-bond acceptors (Lipinski definition) is 6. The van der Waals surface area contributed by atoms with E-state index in [1.165, 1.54) is 11.8 Å². The Hall–Kier alpha value is -1.97. The first-order chi connectivity index (χ1) is 9.72. The number of hydrogen-bond donors (Lipinski definition) is 1. The molecule has 0 radical (unpaired) electrons. The Balaban J connectivity index is 2.12. The van der Waals surface area contributed by atoms with Gasteiger partial charge in [-0.3, -0.25) is 0 Å². The molecule has 1 heterocycles. The van der Waals surface area contributed by atoms with Crippen molar-refractivity contribution in [3.05, 3.63) is 35.2 Å². The Kier molecular flexibility index (Phi) is 5.04. The number of thioether (sulfide) groups is 1. The first-order valence-corrected chi connectivity index (χ1v) is 7.00. The van der Waals surface area contributed by atoms with E-state index in [9.17, 15) is 0 Å². The summed E-state index contributed by atoms with van der Waals surface area (Å²) in [5.74, 6) is 7.87. The van der Waals surface area contributed by atoms with E-state index < -0.39 is 0 Å². The lowest BCUT2D eigenvalue weighted by Crippen LogP contribution is -1.94. The highest BCUT2D eigenvalue weighted by Gasteiger charge is 2.06. The minimum Gasteiger partial charge on any atom is -0.495 e. The Morgan fingerprint density at radius 1 is 1.40 bits per heavy atom. The van der Waals surface area contributed by atoms with Crippen LogP contribution in [0.2, 0.25) is 0 Å². The molecule has 2 rings (SSSR count). The molecule has 2 N–H and O–H groups in total. The Morgan fingerprint density at radius 2 is 2.25 bits per heavy atom. The molecule has 2 aromatic rings. The SMILES string of the molecule is COc1ccc(CSc2nnc(C)o2)cc1C#CCN. The number of aromatic nitrogens is 2. The van der Waals surface area contributed by atoms with Gasteiger partial charge in [0.25, 0.3) is 5.22 Å². The van der Waals surface area contributed by atoms with Gasteiger partial charge in [0.2, 0.25) is 5.89 Å². The Labute approximate surface area is 121 Å². The highest BCUT2D eigenvalue weighted by atomic mass is 32.2. The lowest BCUT2D eigenvalue weighted by Gasteiger charge is -2.05. The van der Waals surface area contributed by atoms with Crippen LogP contribution in [-0.2, 0) is 5.75 Å². The van der Waals surface area contributed by atoms with E-state index in [-0.39, 0.29) is 0 Å². The van der Waals surface area contributed by atoms with E-state index >= 15 is 0 Å². The van der Waals surface area contributed by atoms with Gasteiger partial charge in [0.05, 0.1) is 19.2 Å².